The van der Waals surface area contributed by atoms with Crippen LogP contribution < -0.4 is 5.32 Å². The van der Waals surface area contributed by atoms with E-state index in [4.69, 9.17) is 0 Å². The Morgan fingerprint density at radius 1 is 1.33 bits per heavy atom. The van der Waals surface area contributed by atoms with E-state index in [9.17, 15) is 0 Å². The highest BCUT2D eigenvalue weighted by atomic mass is 79.9. The molecule has 0 amide bonds. The molecule has 0 saturated carbocycles. The predicted octanol–water partition coefficient (Wildman–Crippen LogP) is 3.44. The van der Waals surface area contributed by atoms with Gasteiger partial charge in [0.15, 0.2) is 0 Å². The summed E-state index contributed by atoms with van der Waals surface area (Å²) < 4.78 is 1.11. The topological polar surface area (TPSA) is 24.9 Å². The summed E-state index contributed by atoms with van der Waals surface area (Å²) in [6.07, 6.45) is 6.05. The maximum atomic E-state index is 4.42. The van der Waals surface area contributed by atoms with Crippen molar-refractivity contribution in [2.24, 2.45) is 0 Å². The van der Waals surface area contributed by atoms with Crippen molar-refractivity contribution in [3.05, 3.63) is 40.6 Å². The number of aromatic nitrogens is 1. The molecule has 1 aliphatic heterocycles. The molecule has 2 heterocycles. The number of benzene rings is 1. The third-order valence-electron chi connectivity index (χ3n) is 2.57. The third kappa shape index (κ3) is 1.35. The fourth-order valence-electron chi connectivity index (χ4n) is 1.88. The SMILES string of the molecule is Brc1cccc2cnc3c(c12)NCC=C3. The Kier molecular flexibility index (Phi) is 1.99. The van der Waals surface area contributed by atoms with Gasteiger partial charge in [-0.05, 0) is 12.1 Å². The highest BCUT2D eigenvalue weighted by Crippen LogP contribution is 2.33. The fourth-order valence-corrected chi connectivity index (χ4v) is 2.46. The van der Waals surface area contributed by atoms with E-state index in [1.807, 2.05) is 12.3 Å². The molecule has 1 N–H and O–H groups in total. The van der Waals surface area contributed by atoms with Gasteiger partial charge in [-0.25, -0.2) is 0 Å². The average Bonchev–Trinajstić information content (AvgIpc) is 2.29. The van der Waals surface area contributed by atoms with Gasteiger partial charge in [0.05, 0.1) is 11.4 Å². The zero-order valence-electron chi connectivity index (χ0n) is 8.00. The highest BCUT2D eigenvalue weighted by molar-refractivity contribution is 9.10. The van der Waals surface area contributed by atoms with Crippen LogP contribution in [0.15, 0.2) is 34.9 Å². The normalized spacial score (nSPS) is 13.7. The van der Waals surface area contributed by atoms with Gasteiger partial charge in [-0.2, -0.15) is 0 Å². The molecular formula is C12H9BrN2. The van der Waals surface area contributed by atoms with Crippen LogP contribution in [-0.4, -0.2) is 11.5 Å². The summed E-state index contributed by atoms with van der Waals surface area (Å²) in [5, 5.41) is 5.74. The number of halogens is 1. The van der Waals surface area contributed by atoms with E-state index in [0.29, 0.717) is 0 Å². The van der Waals surface area contributed by atoms with Gasteiger partial charge in [-0.1, -0.05) is 34.1 Å². The lowest BCUT2D eigenvalue weighted by molar-refractivity contribution is 1.24. The first-order valence-electron chi connectivity index (χ1n) is 4.84. The molecule has 0 fully saturated rings. The lowest BCUT2D eigenvalue weighted by Crippen LogP contribution is -2.06. The van der Waals surface area contributed by atoms with Crippen LogP contribution in [0.5, 0.6) is 0 Å². The van der Waals surface area contributed by atoms with Crippen LogP contribution in [0.1, 0.15) is 5.69 Å². The summed E-state index contributed by atoms with van der Waals surface area (Å²) in [5.41, 5.74) is 2.14. The van der Waals surface area contributed by atoms with Crippen LogP contribution in [0.4, 0.5) is 5.69 Å². The van der Waals surface area contributed by atoms with Gasteiger partial charge in [0, 0.05) is 28.0 Å². The maximum absolute atomic E-state index is 4.42. The van der Waals surface area contributed by atoms with Crippen molar-refractivity contribution in [1.82, 2.24) is 4.98 Å². The summed E-state index contributed by atoms with van der Waals surface area (Å²) in [7, 11) is 0. The number of nitrogens with one attached hydrogen (secondary N) is 1. The molecule has 2 aromatic rings. The van der Waals surface area contributed by atoms with E-state index in [1.54, 1.807) is 0 Å². The van der Waals surface area contributed by atoms with E-state index < -0.39 is 0 Å². The molecule has 0 saturated heterocycles. The zero-order valence-corrected chi connectivity index (χ0v) is 9.58. The van der Waals surface area contributed by atoms with Crippen molar-refractivity contribution in [3.63, 3.8) is 0 Å². The Hall–Kier alpha value is -1.35. The van der Waals surface area contributed by atoms with Crippen molar-refractivity contribution in [1.29, 1.82) is 0 Å². The van der Waals surface area contributed by atoms with Crippen molar-refractivity contribution >= 4 is 38.5 Å². The predicted molar refractivity (Wildman–Crippen MR) is 67.0 cm³/mol. The van der Waals surface area contributed by atoms with E-state index >= 15 is 0 Å². The van der Waals surface area contributed by atoms with Crippen molar-refractivity contribution < 1.29 is 0 Å². The van der Waals surface area contributed by atoms with Crippen LogP contribution in [0.2, 0.25) is 0 Å². The zero-order chi connectivity index (χ0) is 10.3. The van der Waals surface area contributed by atoms with Crippen LogP contribution in [0.25, 0.3) is 16.8 Å². The molecule has 0 radical (unpaired) electrons. The number of hydrogen-bond donors (Lipinski definition) is 1. The van der Waals surface area contributed by atoms with Gasteiger partial charge in [0.25, 0.3) is 0 Å². The Bertz CT molecular complexity index is 561. The minimum Gasteiger partial charge on any atom is -0.379 e. The molecule has 1 aromatic carbocycles. The van der Waals surface area contributed by atoms with Gasteiger partial charge in [-0.3, -0.25) is 4.98 Å². The first-order valence-corrected chi connectivity index (χ1v) is 5.63. The Morgan fingerprint density at radius 3 is 3.20 bits per heavy atom. The molecule has 0 atom stereocenters. The number of anilines is 1. The van der Waals surface area contributed by atoms with Crippen molar-refractivity contribution in [3.8, 4) is 0 Å². The second-order valence-corrected chi connectivity index (χ2v) is 4.36. The van der Waals surface area contributed by atoms with Gasteiger partial charge in [0.1, 0.15) is 0 Å². The fraction of sp³-hybridized carbons (Fsp3) is 0.0833. The minimum absolute atomic E-state index is 0.870. The molecule has 0 aliphatic carbocycles. The molecule has 0 spiro atoms. The maximum Gasteiger partial charge on any atom is 0.0865 e. The summed E-state index contributed by atoms with van der Waals surface area (Å²) in [4.78, 5) is 4.42. The summed E-state index contributed by atoms with van der Waals surface area (Å²) in [6, 6.07) is 6.16. The summed E-state index contributed by atoms with van der Waals surface area (Å²) in [6.45, 7) is 0.870. The van der Waals surface area contributed by atoms with Gasteiger partial charge < -0.3 is 5.32 Å². The van der Waals surface area contributed by atoms with E-state index in [2.05, 4.69) is 50.5 Å². The monoisotopic (exact) mass is 260 g/mol. The Balaban J connectivity index is 2.45. The van der Waals surface area contributed by atoms with Gasteiger partial charge >= 0.3 is 0 Å². The largest absolute Gasteiger partial charge is 0.379 e. The number of pyridine rings is 1. The standard InChI is InChI=1S/C12H9BrN2/c13-9-4-1-3-8-7-15-10-5-2-6-14-12(10)11(8)9/h1-5,7,14H,6H2. The highest BCUT2D eigenvalue weighted by Gasteiger charge is 2.11. The lowest BCUT2D eigenvalue weighted by atomic mass is 10.1. The van der Waals surface area contributed by atoms with E-state index in [1.165, 1.54) is 5.39 Å². The first-order chi connectivity index (χ1) is 7.36. The number of hydrogen-bond acceptors (Lipinski definition) is 2. The van der Waals surface area contributed by atoms with Gasteiger partial charge in [-0.15, -0.1) is 0 Å². The molecule has 2 nitrogen and oxygen atoms in total. The molecule has 0 unspecified atom stereocenters. The molecule has 15 heavy (non-hydrogen) atoms. The number of rotatable bonds is 0. The quantitative estimate of drug-likeness (QED) is 0.785. The minimum atomic E-state index is 0.870. The molecule has 3 heteroatoms. The number of nitrogens with zero attached hydrogens (tertiary/aromatic N) is 1. The Morgan fingerprint density at radius 2 is 2.27 bits per heavy atom. The number of fused-ring (bicyclic) bond motifs is 3. The molecular weight excluding hydrogens is 252 g/mol. The lowest BCUT2D eigenvalue weighted by Gasteiger charge is -2.15. The van der Waals surface area contributed by atoms with Crippen molar-refractivity contribution in [2.75, 3.05) is 11.9 Å². The van der Waals surface area contributed by atoms with Crippen LogP contribution in [-0.2, 0) is 0 Å². The first kappa shape index (κ1) is 8.92. The van der Waals surface area contributed by atoms with Crippen LogP contribution in [0, 0.1) is 0 Å². The van der Waals surface area contributed by atoms with E-state index in [-0.39, 0.29) is 0 Å². The average molecular weight is 261 g/mol. The van der Waals surface area contributed by atoms with Gasteiger partial charge in [0.2, 0.25) is 0 Å². The molecule has 1 aliphatic rings. The molecule has 74 valence electrons. The molecule has 0 bridgehead atoms. The summed E-state index contributed by atoms with van der Waals surface area (Å²) >= 11 is 3.58. The van der Waals surface area contributed by atoms with Crippen LogP contribution >= 0.6 is 15.9 Å². The smallest absolute Gasteiger partial charge is 0.0865 e. The van der Waals surface area contributed by atoms with Crippen LogP contribution in [0.3, 0.4) is 0 Å². The van der Waals surface area contributed by atoms with E-state index in [0.717, 1.165) is 27.8 Å². The molecule has 3 rings (SSSR count). The van der Waals surface area contributed by atoms with Crippen molar-refractivity contribution in [2.45, 2.75) is 0 Å². The second kappa shape index (κ2) is 3.35. The summed E-state index contributed by atoms with van der Waals surface area (Å²) in [5.74, 6) is 0. The second-order valence-electron chi connectivity index (χ2n) is 3.51. The molecule has 1 aromatic heterocycles. The third-order valence-corrected chi connectivity index (χ3v) is 3.23. The Labute approximate surface area is 96.1 Å².